The Labute approximate surface area is 163 Å². The van der Waals surface area contributed by atoms with Crippen molar-refractivity contribution < 1.29 is 19.1 Å². The van der Waals surface area contributed by atoms with Gasteiger partial charge in [0.25, 0.3) is 11.8 Å². The Kier molecular flexibility index (Phi) is 5.11. The van der Waals surface area contributed by atoms with Crippen LogP contribution in [0.5, 0.6) is 0 Å². The zero-order valence-corrected chi connectivity index (χ0v) is 15.9. The molecular weight excluding hydrogens is 358 g/mol. The van der Waals surface area contributed by atoms with Crippen LogP contribution in [0, 0.1) is 0 Å². The number of nitrogens with zero attached hydrogens (tertiary/aromatic N) is 3. The van der Waals surface area contributed by atoms with E-state index in [1.165, 1.54) is 12.0 Å². The van der Waals surface area contributed by atoms with Crippen molar-refractivity contribution in [2.24, 2.45) is 0 Å². The molecule has 2 amide bonds. The minimum Gasteiger partial charge on any atom is -0.468 e. The number of imide groups is 1. The molecule has 1 saturated heterocycles. The maximum Gasteiger partial charge on any atom is 0.319 e. The van der Waals surface area contributed by atoms with Crippen molar-refractivity contribution in [2.75, 3.05) is 52.9 Å². The average Bonchev–Trinajstić information content (AvgIpc) is 2.72. The lowest BCUT2D eigenvalue weighted by Gasteiger charge is -2.35. The molecule has 2 aliphatic heterocycles. The molecule has 2 aliphatic rings. The van der Waals surface area contributed by atoms with E-state index in [0.717, 1.165) is 37.0 Å². The monoisotopic (exact) mass is 381 g/mol. The second-order valence-electron chi connectivity index (χ2n) is 7.17. The number of rotatable bonds is 5. The van der Waals surface area contributed by atoms with Crippen molar-refractivity contribution in [3.05, 3.63) is 47.5 Å². The number of ether oxygens (including phenoxy) is 1. The van der Waals surface area contributed by atoms with Gasteiger partial charge >= 0.3 is 5.97 Å². The zero-order chi connectivity index (χ0) is 19.7. The highest BCUT2D eigenvalue weighted by atomic mass is 16.5. The quantitative estimate of drug-likeness (QED) is 0.573. The predicted octanol–water partition coefficient (Wildman–Crippen LogP) is 1.23. The number of hydrogen-bond acceptors (Lipinski definition) is 6. The first-order chi connectivity index (χ1) is 13.6. The summed E-state index contributed by atoms with van der Waals surface area (Å²) in [5.41, 5.74) is 1.19. The van der Waals surface area contributed by atoms with Crippen LogP contribution in [0.25, 0.3) is 10.8 Å². The molecule has 7 heteroatoms. The van der Waals surface area contributed by atoms with Crippen LogP contribution >= 0.6 is 0 Å². The highest BCUT2D eigenvalue weighted by molar-refractivity contribution is 6.25. The minimum atomic E-state index is -0.231. The summed E-state index contributed by atoms with van der Waals surface area (Å²) in [5, 5.41) is 1.67. The lowest BCUT2D eigenvalue weighted by molar-refractivity contribution is -0.142. The Morgan fingerprint density at radius 3 is 2.04 bits per heavy atom. The summed E-state index contributed by atoms with van der Waals surface area (Å²) in [7, 11) is 1.39. The molecule has 0 aliphatic carbocycles. The van der Waals surface area contributed by atoms with Crippen LogP contribution in [0.4, 0.5) is 0 Å². The van der Waals surface area contributed by atoms with Crippen LogP contribution in [0.15, 0.2) is 36.4 Å². The van der Waals surface area contributed by atoms with Gasteiger partial charge in [-0.25, -0.2) is 0 Å². The summed E-state index contributed by atoms with van der Waals surface area (Å²) in [4.78, 5) is 42.9. The first kappa shape index (κ1) is 18.6. The molecule has 0 N–H and O–H groups in total. The third-order valence-corrected chi connectivity index (χ3v) is 5.54. The van der Waals surface area contributed by atoms with Gasteiger partial charge in [0.15, 0.2) is 0 Å². The van der Waals surface area contributed by atoms with Gasteiger partial charge in [0.05, 0.1) is 13.7 Å². The number of benzene rings is 2. The zero-order valence-electron chi connectivity index (χ0n) is 15.9. The lowest BCUT2D eigenvalue weighted by Crippen LogP contribution is -2.51. The number of carbonyl (C=O) groups is 3. The third-order valence-electron chi connectivity index (χ3n) is 5.54. The maximum absolute atomic E-state index is 12.9. The van der Waals surface area contributed by atoms with Crippen LogP contribution in [-0.4, -0.2) is 85.4 Å². The Morgan fingerprint density at radius 2 is 1.46 bits per heavy atom. The highest BCUT2D eigenvalue weighted by Crippen LogP contribution is 2.29. The molecular formula is C21H23N3O4. The molecule has 4 rings (SSSR count). The van der Waals surface area contributed by atoms with Crippen LogP contribution in [0.2, 0.25) is 0 Å². The van der Waals surface area contributed by atoms with Crippen molar-refractivity contribution in [1.82, 2.24) is 14.7 Å². The largest absolute Gasteiger partial charge is 0.468 e. The Bertz CT molecular complexity index is 884. The van der Waals surface area contributed by atoms with Gasteiger partial charge in [0.1, 0.15) is 0 Å². The average molecular weight is 381 g/mol. The van der Waals surface area contributed by atoms with Crippen molar-refractivity contribution >= 4 is 28.6 Å². The fourth-order valence-corrected chi connectivity index (χ4v) is 3.94. The predicted molar refractivity (Wildman–Crippen MR) is 104 cm³/mol. The number of carbonyl (C=O) groups excluding carboxylic acids is 3. The fourth-order valence-electron chi connectivity index (χ4n) is 3.94. The van der Waals surface area contributed by atoms with Crippen LogP contribution in [0.1, 0.15) is 20.7 Å². The van der Waals surface area contributed by atoms with E-state index in [1.54, 1.807) is 12.1 Å². The molecule has 146 valence electrons. The normalized spacial score (nSPS) is 18.0. The Balaban J connectivity index is 1.41. The van der Waals surface area contributed by atoms with Gasteiger partial charge in [-0.1, -0.05) is 24.3 Å². The molecule has 2 aromatic carbocycles. The summed E-state index contributed by atoms with van der Waals surface area (Å²) >= 11 is 0. The summed E-state index contributed by atoms with van der Waals surface area (Å²) < 4.78 is 4.71. The lowest BCUT2D eigenvalue weighted by atomic mass is 9.94. The molecule has 1 fully saturated rings. The first-order valence-corrected chi connectivity index (χ1v) is 9.48. The van der Waals surface area contributed by atoms with Gasteiger partial charge in [-0.2, -0.15) is 0 Å². The Morgan fingerprint density at radius 1 is 0.893 bits per heavy atom. The summed E-state index contributed by atoms with van der Waals surface area (Å²) in [6.07, 6.45) is 0. The molecule has 7 nitrogen and oxygen atoms in total. The molecule has 0 radical (unpaired) electrons. The second kappa shape index (κ2) is 7.69. The molecule has 28 heavy (non-hydrogen) atoms. The topological polar surface area (TPSA) is 70.2 Å². The first-order valence-electron chi connectivity index (χ1n) is 9.48. The van der Waals surface area contributed by atoms with Gasteiger partial charge in [0, 0.05) is 55.8 Å². The molecule has 0 atom stereocenters. The Hall–Kier alpha value is -2.77. The molecule has 0 unspecified atom stereocenters. The van der Waals surface area contributed by atoms with Gasteiger partial charge in [-0.15, -0.1) is 0 Å². The van der Waals surface area contributed by atoms with Crippen LogP contribution in [0.3, 0.4) is 0 Å². The number of hydrogen-bond donors (Lipinski definition) is 0. The van der Waals surface area contributed by atoms with Gasteiger partial charge in [-0.3, -0.25) is 29.1 Å². The maximum atomic E-state index is 12.9. The van der Waals surface area contributed by atoms with Gasteiger partial charge in [0.2, 0.25) is 0 Å². The number of amides is 2. The van der Waals surface area contributed by atoms with Gasteiger partial charge < -0.3 is 4.74 Å². The summed E-state index contributed by atoms with van der Waals surface area (Å²) in [6.45, 7) is 4.40. The molecule has 0 aromatic heterocycles. The van der Waals surface area contributed by atoms with Gasteiger partial charge in [-0.05, 0) is 17.5 Å². The van der Waals surface area contributed by atoms with E-state index < -0.39 is 0 Å². The van der Waals surface area contributed by atoms with E-state index >= 15 is 0 Å². The molecule has 0 saturated carbocycles. The van der Waals surface area contributed by atoms with Crippen LogP contribution in [-0.2, 0) is 9.53 Å². The van der Waals surface area contributed by atoms with Crippen molar-refractivity contribution in [3.63, 3.8) is 0 Å². The molecule has 2 aromatic rings. The molecule has 2 heterocycles. The SMILES string of the molecule is COC(=O)CN1CCN(CCN2C(=O)c3cccc4cccc(c34)C2=O)CC1. The number of esters is 1. The van der Waals surface area contributed by atoms with Crippen molar-refractivity contribution in [1.29, 1.82) is 0 Å². The van der Waals surface area contributed by atoms with E-state index in [0.29, 0.717) is 30.8 Å². The molecule has 0 spiro atoms. The van der Waals surface area contributed by atoms with Crippen LogP contribution < -0.4 is 0 Å². The summed E-state index contributed by atoms with van der Waals surface area (Å²) in [6, 6.07) is 11.1. The smallest absolute Gasteiger partial charge is 0.319 e. The van der Waals surface area contributed by atoms with E-state index in [2.05, 4.69) is 9.80 Å². The summed E-state index contributed by atoms with van der Waals surface area (Å²) in [5.74, 6) is -0.678. The highest BCUT2D eigenvalue weighted by Gasteiger charge is 2.32. The molecule has 0 bridgehead atoms. The van der Waals surface area contributed by atoms with E-state index in [-0.39, 0.29) is 17.8 Å². The van der Waals surface area contributed by atoms with E-state index in [9.17, 15) is 14.4 Å². The standard InChI is InChI=1S/C21H23N3O4/c1-28-18(25)14-23-10-8-22(9-11-23)12-13-24-20(26)16-6-2-4-15-5-3-7-17(19(15)16)21(24)27/h2-7H,8-14H2,1H3. The second-order valence-corrected chi connectivity index (χ2v) is 7.17. The van der Waals surface area contributed by atoms with E-state index in [4.69, 9.17) is 4.74 Å². The number of piperazine rings is 1. The fraction of sp³-hybridized carbons (Fsp3) is 0.381. The number of methoxy groups -OCH3 is 1. The van der Waals surface area contributed by atoms with Crippen molar-refractivity contribution in [3.8, 4) is 0 Å². The minimum absolute atomic E-state index is 0.223. The van der Waals surface area contributed by atoms with E-state index in [1.807, 2.05) is 24.3 Å². The van der Waals surface area contributed by atoms with Crippen molar-refractivity contribution in [2.45, 2.75) is 0 Å². The third kappa shape index (κ3) is 3.39.